The third kappa shape index (κ3) is 7.11. The summed E-state index contributed by atoms with van der Waals surface area (Å²) >= 11 is 0. The topological polar surface area (TPSA) is 50.8 Å². The van der Waals surface area contributed by atoms with Crippen LogP contribution < -0.4 is 5.32 Å². The Kier molecular flexibility index (Phi) is 11.2. The van der Waals surface area contributed by atoms with Gasteiger partial charge >= 0.3 is 0 Å². The van der Waals surface area contributed by atoms with Crippen LogP contribution in [0.4, 0.5) is 0 Å². The van der Waals surface area contributed by atoms with E-state index in [-0.39, 0.29) is 24.2 Å². The third-order valence-electron chi connectivity index (χ3n) is 3.30. The summed E-state index contributed by atoms with van der Waals surface area (Å²) in [6, 6.07) is 0. The van der Waals surface area contributed by atoms with E-state index < -0.39 is 0 Å². The van der Waals surface area contributed by atoms with Gasteiger partial charge in [0.25, 0.3) is 0 Å². The Morgan fingerprint density at radius 3 is 2.58 bits per heavy atom. The molecule has 1 unspecified atom stereocenters. The summed E-state index contributed by atoms with van der Waals surface area (Å²) in [6.45, 7) is 4.57. The second kappa shape index (κ2) is 11.5. The number of carbonyl (C=O) groups is 1. The molecule has 0 spiro atoms. The van der Waals surface area contributed by atoms with Gasteiger partial charge in [0.1, 0.15) is 0 Å². The van der Waals surface area contributed by atoms with Gasteiger partial charge < -0.3 is 19.7 Å². The van der Waals surface area contributed by atoms with Crippen LogP contribution in [-0.2, 0) is 14.3 Å². The number of piperidine rings is 1. The quantitative estimate of drug-likeness (QED) is 0.677. The lowest BCUT2D eigenvalue weighted by molar-refractivity contribution is -0.136. The largest absolute Gasteiger partial charge is 0.385 e. The van der Waals surface area contributed by atoms with E-state index in [4.69, 9.17) is 9.47 Å². The molecular formula is C13H27ClN2O3. The molecular weight excluding hydrogens is 268 g/mol. The van der Waals surface area contributed by atoms with Crippen molar-refractivity contribution < 1.29 is 14.3 Å². The molecule has 0 aliphatic carbocycles. The number of ether oxygens (including phenoxy) is 2. The number of rotatable bonds is 8. The van der Waals surface area contributed by atoms with E-state index in [2.05, 4.69) is 5.32 Å². The molecule has 0 aromatic heterocycles. The summed E-state index contributed by atoms with van der Waals surface area (Å²) in [5, 5.41) is 3.29. The highest BCUT2D eigenvalue weighted by atomic mass is 35.5. The standard InChI is InChI=1S/C13H26N2O3.ClH/c1-17-9-4-7-15(8-10-18-2)13(16)12-5-3-6-14-11-12;/h12,14H,3-11H2,1-2H3;1H. The van der Waals surface area contributed by atoms with Crippen molar-refractivity contribution in [2.75, 3.05) is 53.6 Å². The fraction of sp³-hybridized carbons (Fsp3) is 0.923. The Morgan fingerprint density at radius 2 is 2.00 bits per heavy atom. The lowest BCUT2D eigenvalue weighted by Gasteiger charge is -2.29. The van der Waals surface area contributed by atoms with Gasteiger partial charge in [0, 0.05) is 40.5 Å². The van der Waals surface area contributed by atoms with Gasteiger partial charge in [-0.15, -0.1) is 12.4 Å². The van der Waals surface area contributed by atoms with Crippen LogP contribution in [0.15, 0.2) is 0 Å². The first-order chi connectivity index (χ1) is 8.79. The average molecular weight is 295 g/mol. The van der Waals surface area contributed by atoms with Crippen LogP contribution in [0, 0.1) is 5.92 Å². The van der Waals surface area contributed by atoms with Gasteiger partial charge in [0.15, 0.2) is 0 Å². The molecule has 6 heteroatoms. The maximum atomic E-state index is 12.4. The van der Waals surface area contributed by atoms with Crippen molar-refractivity contribution in [1.82, 2.24) is 10.2 Å². The van der Waals surface area contributed by atoms with Crippen LogP contribution in [0.25, 0.3) is 0 Å². The van der Waals surface area contributed by atoms with Crippen LogP contribution in [0.1, 0.15) is 19.3 Å². The molecule has 19 heavy (non-hydrogen) atoms. The molecule has 1 saturated heterocycles. The Bertz CT molecular complexity index is 236. The number of nitrogens with one attached hydrogen (secondary N) is 1. The number of carbonyl (C=O) groups excluding carboxylic acids is 1. The second-order valence-corrected chi connectivity index (χ2v) is 4.71. The molecule has 0 bridgehead atoms. The van der Waals surface area contributed by atoms with Gasteiger partial charge in [0.05, 0.1) is 12.5 Å². The fourth-order valence-corrected chi connectivity index (χ4v) is 2.25. The summed E-state index contributed by atoms with van der Waals surface area (Å²) in [5.74, 6) is 0.397. The predicted molar refractivity (Wildman–Crippen MR) is 77.8 cm³/mol. The lowest BCUT2D eigenvalue weighted by atomic mass is 9.98. The van der Waals surface area contributed by atoms with Crippen LogP contribution in [0.2, 0.25) is 0 Å². The van der Waals surface area contributed by atoms with Crippen LogP contribution in [0.5, 0.6) is 0 Å². The maximum Gasteiger partial charge on any atom is 0.227 e. The Balaban J connectivity index is 0.00000324. The molecule has 0 aromatic carbocycles. The summed E-state index contributed by atoms with van der Waals surface area (Å²) in [5.41, 5.74) is 0. The zero-order valence-electron chi connectivity index (χ0n) is 12.0. The molecule has 1 amide bonds. The first kappa shape index (κ1) is 18.6. The van der Waals surface area contributed by atoms with E-state index >= 15 is 0 Å². The van der Waals surface area contributed by atoms with Crippen molar-refractivity contribution in [3.8, 4) is 0 Å². The molecule has 1 fully saturated rings. The first-order valence-corrected chi connectivity index (χ1v) is 6.77. The Labute approximate surface area is 122 Å². The monoisotopic (exact) mass is 294 g/mol. The molecule has 0 saturated carbocycles. The van der Waals surface area contributed by atoms with Crippen LogP contribution >= 0.6 is 12.4 Å². The number of halogens is 1. The maximum absolute atomic E-state index is 12.4. The molecule has 114 valence electrons. The van der Waals surface area contributed by atoms with E-state index in [1.165, 1.54) is 0 Å². The third-order valence-corrected chi connectivity index (χ3v) is 3.30. The summed E-state index contributed by atoms with van der Waals surface area (Å²) in [7, 11) is 3.35. The predicted octanol–water partition coefficient (Wildman–Crippen LogP) is 0.919. The molecule has 1 aliphatic heterocycles. The molecule has 0 aromatic rings. The number of hydrogen-bond acceptors (Lipinski definition) is 4. The van der Waals surface area contributed by atoms with Crippen molar-refractivity contribution in [2.45, 2.75) is 19.3 Å². The van der Waals surface area contributed by atoms with Crippen molar-refractivity contribution in [1.29, 1.82) is 0 Å². The zero-order valence-corrected chi connectivity index (χ0v) is 12.8. The highest BCUT2D eigenvalue weighted by Gasteiger charge is 2.25. The first-order valence-electron chi connectivity index (χ1n) is 6.77. The van der Waals surface area contributed by atoms with E-state index in [0.717, 1.165) is 38.9 Å². The van der Waals surface area contributed by atoms with Gasteiger partial charge in [-0.25, -0.2) is 0 Å². The summed E-state index contributed by atoms with van der Waals surface area (Å²) < 4.78 is 10.1. The molecule has 1 atom stereocenters. The van der Waals surface area contributed by atoms with Gasteiger partial charge in [-0.3, -0.25) is 4.79 Å². The number of amides is 1. The van der Waals surface area contributed by atoms with Gasteiger partial charge in [-0.05, 0) is 25.8 Å². The molecule has 1 aliphatic rings. The van der Waals surface area contributed by atoms with E-state index in [1.807, 2.05) is 4.90 Å². The van der Waals surface area contributed by atoms with Gasteiger partial charge in [0.2, 0.25) is 5.91 Å². The smallest absolute Gasteiger partial charge is 0.227 e. The number of nitrogens with zero attached hydrogens (tertiary/aromatic N) is 1. The highest BCUT2D eigenvalue weighted by Crippen LogP contribution is 2.13. The fourth-order valence-electron chi connectivity index (χ4n) is 2.25. The van der Waals surface area contributed by atoms with Crippen molar-refractivity contribution in [3.63, 3.8) is 0 Å². The average Bonchev–Trinajstić information content (AvgIpc) is 2.43. The minimum Gasteiger partial charge on any atom is -0.385 e. The molecule has 1 N–H and O–H groups in total. The Hall–Kier alpha value is -0.360. The normalized spacial score (nSPS) is 18.7. The molecule has 5 nitrogen and oxygen atoms in total. The molecule has 1 rings (SSSR count). The summed E-state index contributed by atoms with van der Waals surface area (Å²) in [6.07, 6.45) is 2.97. The van der Waals surface area contributed by atoms with Crippen molar-refractivity contribution in [3.05, 3.63) is 0 Å². The second-order valence-electron chi connectivity index (χ2n) is 4.71. The number of methoxy groups -OCH3 is 2. The van der Waals surface area contributed by atoms with E-state index in [1.54, 1.807) is 14.2 Å². The summed E-state index contributed by atoms with van der Waals surface area (Å²) in [4.78, 5) is 14.3. The minimum absolute atomic E-state index is 0. The molecule has 0 radical (unpaired) electrons. The number of hydrogen-bond donors (Lipinski definition) is 1. The van der Waals surface area contributed by atoms with Crippen LogP contribution in [0.3, 0.4) is 0 Å². The zero-order chi connectivity index (χ0) is 13.2. The van der Waals surface area contributed by atoms with Crippen LogP contribution in [-0.4, -0.2) is 64.4 Å². The van der Waals surface area contributed by atoms with Gasteiger partial charge in [-0.1, -0.05) is 0 Å². The lowest BCUT2D eigenvalue weighted by Crippen LogP contribution is -2.44. The van der Waals surface area contributed by atoms with E-state index in [0.29, 0.717) is 19.8 Å². The Morgan fingerprint density at radius 1 is 1.26 bits per heavy atom. The van der Waals surface area contributed by atoms with Gasteiger partial charge in [-0.2, -0.15) is 0 Å². The van der Waals surface area contributed by atoms with E-state index in [9.17, 15) is 4.79 Å². The van der Waals surface area contributed by atoms with Crippen molar-refractivity contribution in [2.24, 2.45) is 5.92 Å². The van der Waals surface area contributed by atoms with Crippen molar-refractivity contribution >= 4 is 18.3 Å². The molecule has 1 heterocycles. The highest BCUT2D eigenvalue weighted by molar-refractivity contribution is 5.85. The minimum atomic E-state index is 0. The SMILES string of the molecule is COCCCN(CCOC)C(=O)C1CCCNC1.Cl.